The van der Waals surface area contributed by atoms with Crippen molar-refractivity contribution in [1.82, 2.24) is 24.8 Å². The molecule has 0 saturated carbocycles. The summed E-state index contributed by atoms with van der Waals surface area (Å²) >= 11 is 0. The minimum atomic E-state index is -0.100. The molecule has 0 radical (unpaired) electrons. The summed E-state index contributed by atoms with van der Waals surface area (Å²) < 4.78 is 1.93. The van der Waals surface area contributed by atoms with E-state index in [-0.39, 0.29) is 5.91 Å². The maximum Gasteiger partial charge on any atom is 0.251 e. The van der Waals surface area contributed by atoms with E-state index in [0.717, 1.165) is 35.9 Å². The molecule has 1 amide bonds. The lowest BCUT2D eigenvalue weighted by atomic mass is 10.1. The Bertz CT molecular complexity index is 896. The van der Waals surface area contributed by atoms with Gasteiger partial charge < -0.3 is 10.2 Å². The van der Waals surface area contributed by atoms with Crippen molar-refractivity contribution in [3.8, 4) is 5.69 Å². The average Bonchev–Trinajstić information content (AvgIpc) is 3.11. The fraction of sp³-hybridized carbons (Fsp3) is 0.333. The lowest BCUT2D eigenvalue weighted by Gasteiger charge is -2.26. The normalized spacial score (nSPS) is 14.7. The fourth-order valence-corrected chi connectivity index (χ4v) is 3.15. The largest absolute Gasteiger partial charge is 0.355 e. The van der Waals surface area contributed by atoms with Crippen LogP contribution in [0, 0.1) is 0 Å². The van der Waals surface area contributed by atoms with Crippen LogP contribution in [0.15, 0.2) is 36.8 Å². The molecule has 2 aromatic heterocycles. The van der Waals surface area contributed by atoms with Crippen LogP contribution in [0.1, 0.15) is 29.6 Å². The zero-order valence-electron chi connectivity index (χ0n) is 14.1. The number of hydrogen-bond donors (Lipinski definition) is 1. The minimum absolute atomic E-state index is 0.100. The van der Waals surface area contributed by atoms with Crippen LogP contribution < -0.4 is 10.2 Å². The van der Waals surface area contributed by atoms with Gasteiger partial charge in [0.2, 0.25) is 5.95 Å². The number of hydrogen-bond acceptors (Lipinski definition) is 5. The highest BCUT2D eigenvalue weighted by atomic mass is 16.1. The lowest BCUT2D eigenvalue weighted by Crippen LogP contribution is -2.31. The number of carbonyl (C=O) groups is 1. The van der Waals surface area contributed by atoms with E-state index in [0.29, 0.717) is 5.56 Å². The Morgan fingerprint density at radius 3 is 2.56 bits per heavy atom. The maximum atomic E-state index is 11.7. The summed E-state index contributed by atoms with van der Waals surface area (Å²) in [5.74, 6) is 0.660. The Labute approximate surface area is 145 Å². The molecule has 0 unspecified atom stereocenters. The third kappa shape index (κ3) is 2.93. The highest BCUT2D eigenvalue weighted by Crippen LogP contribution is 2.21. The minimum Gasteiger partial charge on any atom is -0.355 e. The summed E-state index contributed by atoms with van der Waals surface area (Å²) in [5.41, 5.74) is 3.08. The third-order valence-electron chi connectivity index (χ3n) is 4.55. The van der Waals surface area contributed by atoms with Gasteiger partial charge in [-0.05, 0) is 43.5 Å². The first-order valence-electron chi connectivity index (χ1n) is 8.54. The number of anilines is 1. The summed E-state index contributed by atoms with van der Waals surface area (Å²) in [6.45, 7) is 2.00. The van der Waals surface area contributed by atoms with E-state index < -0.39 is 0 Å². The first-order valence-corrected chi connectivity index (χ1v) is 8.54. The first kappa shape index (κ1) is 15.6. The molecule has 1 aliphatic rings. The van der Waals surface area contributed by atoms with Crippen LogP contribution in [0.4, 0.5) is 5.95 Å². The molecular weight excluding hydrogens is 316 g/mol. The number of nitrogens with zero attached hydrogens (tertiary/aromatic N) is 5. The van der Waals surface area contributed by atoms with E-state index in [9.17, 15) is 4.79 Å². The van der Waals surface area contributed by atoms with E-state index >= 15 is 0 Å². The number of fused-ring (bicyclic) bond motifs is 1. The number of rotatable bonds is 3. The van der Waals surface area contributed by atoms with Crippen LogP contribution in [0.3, 0.4) is 0 Å². The van der Waals surface area contributed by atoms with Crippen molar-refractivity contribution >= 4 is 23.0 Å². The Morgan fingerprint density at radius 2 is 1.84 bits per heavy atom. The summed E-state index contributed by atoms with van der Waals surface area (Å²) in [6, 6.07) is 7.39. The number of amides is 1. The molecule has 1 fully saturated rings. The van der Waals surface area contributed by atoms with Crippen LogP contribution in [-0.2, 0) is 0 Å². The Kier molecular flexibility index (Phi) is 4.05. The smallest absolute Gasteiger partial charge is 0.251 e. The van der Waals surface area contributed by atoms with Crippen LogP contribution in [0.2, 0.25) is 0 Å². The van der Waals surface area contributed by atoms with Crippen LogP contribution in [0.25, 0.3) is 16.9 Å². The topological polar surface area (TPSA) is 75.9 Å². The zero-order chi connectivity index (χ0) is 17.2. The van der Waals surface area contributed by atoms with Crippen molar-refractivity contribution in [3.05, 3.63) is 42.4 Å². The summed E-state index contributed by atoms with van der Waals surface area (Å²) in [7, 11) is 1.62. The molecule has 25 heavy (non-hydrogen) atoms. The second kappa shape index (κ2) is 6.51. The highest BCUT2D eigenvalue weighted by molar-refractivity contribution is 5.94. The van der Waals surface area contributed by atoms with Gasteiger partial charge in [0, 0.05) is 31.4 Å². The number of piperidine rings is 1. The van der Waals surface area contributed by atoms with Crippen molar-refractivity contribution in [3.63, 3.8) is 0 Å². The molecule has 1 aromatic carbocycles. The molecule has 1 saturated heterocycles. The van der Waals surface area contributed by atoms with Crippen LogP contribution in [-0.4, -0.2) is 45.6 Å². The summed E-state index contributed by atoms with van der Waals surface area (Å²) in [5, 5.41) is 2.62. The van der Waals surface area contributed by atoms with E-state index in [1.807, 2.05) is 16.7 Å². The molecule has 7 heteroatoms. The molecular formula is C18H20N6O. The first-order chi connectivity index (χ1) is 12.3. The van der Waals surface area contributed by atoms with Gasteiger partial charge >= 0.3 is 0 Å². The van der Waals surface area contributed by atoms with E-state index in [4.69, 9.17) is 4.98 Å². The quantitative estimate of drug-likeness (QED) is 0.793. The Balaban J connectivity index is 1.70. The van der Waals surface area contributed by atoms with Gasteiger partial charge in [-0.25, -0.2) is 9.97 Å². The van der Waals surface area contributed by atoms with Gasteiger partial charge in [0.05, 0.1) is 6.20 Å². The zero-order valence-corrected chi connectivity index (χ0v) is 14.1. The van der Waals surface area contributed by atoms with Gasteiger partial charge in [-0.15, -0.1) is 0 Å². The molecule has 1 aliphatic heterocycles. The van der Waals surface area contributed by atoms with E-state index in [2.05, 4.69) is 20.2 Å². The van der Waals surface area contributed by atoms with Crippen molar-refractivity contribution in [2.24, 2.45) is 0 Å². The molecule has 7 nitrogen and oxygen atoms in total. The lowest BCUT2D eigenvalue weighted by molar-refractivity contribution is 0.0963. The SMILES string of the molecule is CNC(=O)c1ccc(-n2cnc3cnc(N4CCCCC4)nc32)cc1. The van der Waals surface area contributed by atoms with Crippen molar-refractivity contribution in [1.29, 1.82) is 0 Å². The van der Waals surface area contributed by atoms with Gasteiger partial charge in [-0.1, -0.05) is 0 Å². The standard InChI is InChI=1S/C18H20N6O/c1-19-17(25)13-5-7-14(8-6-13)24-12-21-15-11-20-18(22-16(15)24)23-9-3-2-4-10-23/h5-8,11-12H,2-4,9-10H2,1H3,(H,19,25). The molecule has 0 bridgehead atoms. The predicted octanol–water partition coefficient (Wildman–Crippen LogP) is 2.17. The summed E-state index contributed by atoms with van der Waals surface area (Å²) in [4.78, 5) is 27.5. The molecule has 128 valence electrons. The monoisotopic (exact) mass is 336 g/mol. The molecule has 0 spiro atoms. The van der Waals surface area contributed by atoms with Crippen LogP contribution >= 0.6 is 0 Å². The van der Waals surface area contributed by atoms with Gasteiger partial charge in [-0.2, -0.15) is 4.98 Å². The average molecular weight is 336 g/mol. The van der Waals surface area contributed by atoms with Crippen LogP contribution in [0.5, 0.6) is 0 Å². The van der Waals surface area contributed by atoms with E-state index in [1.54, 1.807) is 31.7 Å². The fourth-order valence-electron chi connectivity index (χ4n) is 3.15. The van der Waals surface area contributed by atoms with Gasteiger partial charge in [0.15, 0.2) is 5.65 Å². The van der Waals surface area contributed by atoms with E-state index in [1.165, 1.54) is 19.3 Å². The number of nitrogens with one attached hydrogen (secondary N) is 1. The second-order valence-electron chi connectivity index (χ2n) is 6.17. The van der Waals surface area contributed by atoms with Crippen molar-refractivity contribution in [2.75, 3.05) is 25.0 Å². The highest BCUT2D eigenvalue weighted by Gasteiger charge is 2.16. The number of imidazole rings is 1. The maximum absolute atomic E-state index is 11.7. The van der Waals surface area contributed by atoms with Crippen molar-refractivity contribution in [2.45, 2.75) is 19.3 Å². The number of carbonyl (C=O) groups excluding carboxylic acids is 1. The van der Waals surface area contributed by atoms with Gasteiger partial charge in [0.1, 0.15) is 11.8 Å². The Hall–Kier alpha value is -2.96. The second-order valence-corrected chi connectivity index (χ2v) is 6.17. The molecule has 3 heterocycles. The molecule has 0 atom stereocenters. The van der Waals surface area contributed by atoms with Gasteiger partial charge in [0.25, 0.3) is 5.91 Å². The number of benzene rings is 1. The molecule has 0 aliphatic carbocycles. The predicted molar refractivity (Wildman–Crippen MR) is 96.1 cm³/mol. The summed E-state index contributed by atoms with van der Waals surface area (Å²) in [6.07, 6.45) is 7.16. The van der Waals surface area contributed by atoms with Crippen molar-refractivity contribution < 1.29 is 4.79 Å². The third-order valence-corrected chi connectivity index (χ3v) is 4.55. The molecule has 4 rings (SSSR count). The molecule has 3 aromatic rings. The Morgan fingerprint density at radius 1 is 1.08 bits per heavy atom. The number of aromatic nitrogens is 4. The van der Waals surface area contributed by atoms with Gasteiger partial charge in [-0.3, -0.25) is 9.36 Å². The molecule has 1 N–H and O–H groups in total.